The van der Waals surface area contributed by atoms with Crippen LogP contribution in [-0.4, -0.2) is 29.2 Å². The van der Waals surface area contributed by atoms with E-state index in [1.807, 2.05) is 0 Å². The van der Waals surface area contributed by atoms with E-state index in [4.69, 9.17) is 5.11 Å². The van der Waals surface area contributed by atoms with E-state index >= 15 is 0 Å². The summed E-state index contributed by atoms with van der Waals surface area (Å²) < 4.78 is 0.631. The number of carboxylic acids is 1. The first-order valence-corrected chi connectivity index (χ1v) is 5.78. The summed E-state index contributed by atoms with van der Waals surface area (Å²) in [6, 6.07) is -0.489. The normalized spacial score (nSPS) is 18.4. The lowest BCUT2D eigenvalue weighted by atomic mass is 9.96. The van der Waals surface area contributed by atoms with Crippen LogP contribution in [0.25, 0.3) is 0 Å². The van der Waals surface area contributed by atoms with E-state index in [-0.39, 0.29) is 12.5 Å². The second kappa shape index (κ2) is 4.86. The summed E-state index contributed by atoms with van der Waals surface area (Å²) in [6.07, 6.45) is 1.68. The molecule has 90 valence electrons. The highest BCUT2D eigenvalue weighted by atomic mass is 79.9. The molecule has 0 spiro atoms. The summed E-state index contributed by atoms with van der Waals surface area (Å²) in [5.74, 6) is -0.967. The Balaban J connectivity index is 2.52. The fourth-order valence-electron chi connectivity index (χ4n) is 1.45. The van der Waals surface area contributed by atoms with Gasteiger partial charge in [0.25, 0.3) is 0 Å². The van der Waals surface area contributed by atoms with E-state index in [1.54, 1.807) is 0 Å². The summed E-state index contributed by atoms with van der Waals surface area (Å²) in [4.78, 5) is 22.6. The molecular weight excluding hydrogens is 276 g/mol. The van der Waals surface area contributed by atoms with Crippen LogP contribution in [0.4, 0.5) is 4.79 Å². The standard InChI is InChI=1S/C10H15BrN2O3/c1-6(11)5-12-9(16)13-10(2,8(14)15)7-3-4-7/h7H,1,3-5H2,2H3,(H,14,15)(H2,12,13,16). The van der Waals surface area contributed by atoms with Crippen molar-refractivity contribution in [1.82, 2.24) is 10.6 Å². The largest absolute Gasteiger partial charge is 0.480 e. The van der Waals surface area contributed by atoms with Gasteiger partial charge in [-0.15, -0.1) is 0 Å². The van der Waals surface area contributed by atoms with Gasteiger partial charge in [0, 0.05) is 4.48 Å². The summed E-state index contributed by atoms with van der Waals surface area (Å²) in [5, 5.41) is 14.1. The molecule has 5 nitrogen and oxygen atoms in total. The van der Waals surface area contributed by atoms with Crippen molar-refractivity contribution in [2.75, 3.05) is 6.54 Å². The lowest BCUT2D eigenvalue weighted by Gasteiger charge is -2.26. The molecule has 1 rings (SSSR count). The van der Waals surface area contributed by atoms with Crippen molar-refractivity contribution in [1.29, 1.82) is 0 Å². The predicted octanol–water partition coefficient (Wildman–Crippen LogP) is 1.45. The number of halogens is 1. The maximum absolute atomic E-state index is 11.5. The lowest BCUT2D eigenvalue weighted by Crippen LogP contribution is -2.56. The molecule has 2 amide bonds. The van der Waals surface area contributed by atoms with Gasteiger partial charge in [0.05, 0.1) is 6.54 Å². The van der Waals surface area contributed by atoms with Gasteiger partial charge < -0.3 is 15.7 Å². The van der Waals surface area contributed by atoms with E-state index < -0.39 is 17.5 Å². The Bertz CT molecular complexity index is 328. The van der Waals surface area contributed by atoms with Gasteiger partial charge in [-0.1, -0.05) is 22.5 Å². The molecule has 1 saturated carbocycles. The average Bonchev–Trinajstić information content (AvgIpc) is 2.97. The molecule has 0 aromatic carbocycles. The van der Waals surface area contributed by atoms with Crippen molar-refractivity contribution in [3.63, 3.8) is 0 Å². The van der Waals surface area contributed by atoms with Crippen LogP contribution in [0.2, 0.25) is 0 Å². The first-order chi connectivity index (χ1) is 7.36. The summed E-state index contributed by atoms with van der Waals surface area (Å²) in [6.45, 7) is 5.37. The Hall–Kier alpha value is -1.04. The molecule has 0 saturated heterocycles. The summed E-state index contributed by atoms with van der Waals surface area (Å²) >= 11 is 3.10. The van der Waals surface area contributed by atoms with Gasteiger partial charge in [0.15, 0.2) is 0 Å². The molecule has 1 unspecified atom stereocenters. The minimum absolute atomic E-state index is 0.0305. The van der Waals surface area contributed by atoms with Crippen LogP contribution in [0, 0.1) is 5.92 Å². The molecule has 0 bridgehead atoms. The number of nitrogens with one attached hydrogen (secondary N) is 2. The molecule has 0 heterocycles. The molecule has 0 aromatic rings. The van der Waals surface area contributed by atoms with Crippen molar-refractivity contribution >= 4 is 27.9 Å². The van der Waals surface area contributed by atoms with Crippen molar-refractivity contribution in [2.45, 2.75) is 25.3 Å². The number of carbonyl (C=O) groups is 2. The van der Waals surface area contributed by atoms with Crippen molar-refractivity contribution < 1.29 is 14.7 Å². The van der Waals surface area contributed by atoms with Gasteiger partial charge in [-0.05, 0) is 25.7 Å². The number of carboxylic acid groups (broad SMARTS) is 1. The van der Waals surface area contributed by atoms with Crippen LogP contribution in [0.3, 0.4) is 0 Å². The Morgan fingerprint density at radius 2 is 2.12 bits per heavy atom. The Kier molecular flexibility index (Phi) is 3.96. The minimum Gasteiger partial charge on any atom is -0.480 e. The zero-order valence-electron chi connectivity index (χ0n) is 9.05. The third kappa shape index (κ3) is 3.23. The fraction of sp³-hybridized carbons (Fsp3) is 0.600. The van der Waals surface area contributed by atoms with Gasteiger partial charge in [0.1, 0.15) is 5.54 Å². The maximum atomic E-state index is 11.5. The van der Waals surface area contributed by atoms with Crippen molar-refractivity contribution in [2.24, 2.45) is 5.92 Å². The summed E-state index contributed by atoms with van der Waals surface area (Å²) in [5.41, 5.74) is -1.17. The Morgan fingerprint density at radius 1 is 1.56 bits per heavy atom. The van der Waals surface area contributed by atoms with Gasteiger partial charge in [-0.2, -0.15) is 0 Å². The second-order valence-corrected chi connectivity index (χ2v) is 5.23. The number of hydrogen-bond donors (Lipinski definition) is 3. The molecule has 1 aliphatic carbocycles. The zero-order chi connectivity index (χ0) is 12.3. The topological polar surface area (TPSA) is 78.4 Å². The predicted molar refractivity (Wildman–Crippen MR) is 63.4 cm³/mol. The fourth-order valence-corrected chi connectivity index (χ4v) is 1.59. The van der Waals surface area contributed by atoms with E-state index in [0.717, 1.165) is 12.8 Å². The van der Waals surface area contributed by atoms with Crippen LogP contribution < -0.4 is 10.6 Å². The van der Waals surface area contributed by atoms with Gasteiger partial charge in [-0.3, -0.25) is 0 Å². The van der Waals surface area contributed by atoms with E-state index in [1.165, 1.54) is 6.92 Å². The molecular formula is C10H15BrN2O3. The van der Waals surface area contributed by atoms with E-state index in [0.29, 0.717) is 4.48 Å². The molecule has 1 aliphatic rings. The molecule has 6 heteroatoms. The molecule has 1 atom stereocenters. The highest BCUT2D eigenvalue weighted by Crippen LogP contribution is 2.39. The molecule has 0 aromatic heterocycles. The van der Waals surface area contributed by atoms with Crippen molar-refractivity contribution in [3.05, 3.63) is 11.1 Å². The SMILES string of the molecule is C=C(Br)CNC(=O)NC(C)(C(=O)O)C1CC1. The third-order valence-corrected chi connectivity index (χ3v) is 2.93. The zero-order valence-corrected chi connectivity index (χ0v) is 10.6. The van der Waals surface area contributed by atoms with Crippen LogP contribution in [0.5, 0.6) is 0 Å². The van der Waals surface area contributed by atoms with Gasteiger partial charge >= 0.3 is 12.0 Å². The third-order valence-electron chi connectivity index (χ3n) is 2.65. The van der Waals surface area contributed by atoms with Gasteiger partial charge in [-0.25, -0.2) is 9.59 Å². The number of rotatable bonds is 5. The van der Waals surface area contributed by atoms with E-state index in [2.05, 4.69) is 33.1 Å². The molecule has 1 fully saturated rings. The van der Waals surface area contributed by atoms with E-state index in [9.17, 15) is 9.59 Å². The monoisotopic (exact) mass is 290 g/mol. The smallest absolute Gasteiger partial charge is 0.329 e. The minimum atomic E-state index is -1.17. The molecule has 3 N–H and O–H groups in total. The van der Waals surface area contributed by atoms with Crippen LogP contribution in [0.15, 0.2) is 11.1 Å². The highest BCUT2D eigenvalue weighted by molar-refractivity contribution is 9.11. The second-order valence-electron chi connectivity index (χ2n) is 4.11. The first-order valence-electron chi connectivity index (χ1n) is 4.99. The molecule has 0 radical (unpaired) electrons. The maximum Gasteiger partial charge on any atom is 0.329 e. The van der Waals surface area contributed by atoms with Crippen molar-refractivity contribution in [3.8, 4) is 0 Å². The van der Waals surface area contributed by atoms with Gasteiger partial charge in [0.2, 0.25) is 0 Å². The quantitative estimate of drug-likeness (QED) is 0.717. The highest BCUT2D eigenvalue weighted by Gasteiger charge is 2.48. The van der Waals surface area contributed by atoms with Crippen LogP contribution in [-0.2, 0) is 4.79 Å². The summed E-state index contributed by atoms with van der Waals surface area (Å²) in [7, 11) is 0. The Morgan fingerprint density at radius 3 is 2.50 bits per heavy atom. The number of urea groups is 1. The van der Waals surface area contributed by atoms with Crippen LogP contribution in [0.1, 0.15) is 19.8 Å². The average molecular weight is 291 g/mol. The number of hydrogen-bond acceptors (Lipinski definition) is 2. The number of carbonyl (C=O) groups excluding carboxylic acids is 1. The van der Waals surface area contributed by atoms with Crippen LogP contribution >= 0.6 is 15.9 Å². The molecule has 0 aliphatic heterocycles. The Labute approximate surface area is 102 Å². The lowest BCUT2D eigenvalue weighted by molar-refractivity contribution is -0.144. The molecule has 16 heavy (non-hydrogen) atoms. The number of aliphatic carboxylic acids is 1. The first kappa shape index (κ1) is 13.0. The number of amides is 2.